The molecule has 0 unspecified atom stereocenters. The molecule has 3 nitrogen and oxygen atoms in total. The second-order valence-electron chi connectivity index (χ2n) is 7.84. The van der Waals surface area contributed by atoms with Crippen LogP contribution < -0.4 is 5.32 Å². The summed E-state index contributed by atoms with van der Waals surface area (Å²) >= 11 is 0. The Balaban J connectivity index is 3.24. The van der Waals surface area contributed by atoms with Crippen LogP contribution in [0, 0.1) is 0 Å². The lowest BCUT2D eigenvalue weighted by Crippen LogP contribution is -2.25. The Hall–Kier alpha value is -1.09. The first-order chi connectivity index (χ1) is 13.2. The fraction of sp³-hybridized carbons (Fsp3) is 0.792. The molecule has 0 spiro atoms. The number of hydrogen-bond acceptors (Lipinski definition) is 2. The number of rotatable bonds is 19. The highest BCUT2D eigenvalue weighted by Gasteiger charge is 2.00. The molecule has 3 heteroatoms. The van der Waals surface area contributed by atoms with Gasteiger partial charge in [0.2, 0.25) is 5.91 Å². The number of carbonyl (C=O) groups is 1. The van der Waals surface area contributed by atoms with Crippen LogP contribution in [0.15, 0.2) is 24.3 Å². The predicted octanol–water partition coefficient (Wildman–Crippen LogP) is 6.26. The third-order valence-corrected chi connectivity index (χ3v) is 4.71. The molecule has 0 aliphatic carbocycles. The molecule has 0 aromatic rings. The summed E-state index contributed by atoms with van der Waals surface area (Å²) in [7, 11) is 4.09. The van der Waals surface area contributed by atoms with Crippen molar-refractivity contribution >= 4 is 5.91 Å². The number of amides is 1. The minimum Gasteiger partial charge on any atom is -0.356 e. The highest BCUT2D eigenvalue weighted by Crippen LogP contribution is 2.08. The summed E-state index contributed by atoms with van der Waals surface area (Å²) in [6.45, 7) is 4.08. The molecule has 158 valence electrons. The van der Waals surface area contributed by atoms with Crippen LogP contribution in [0.1, 0.15) is 96.8 Å². The molecule has 1 N–H and O–H groups in total. The summed E-state index contributed by atoms with van der Waals surface area (Å²) in [5.41, 5.74) is 0. The molecule has 0 aromatic heterocycles. The predicted molar refractivity (Wildman–Crippen MR) is 120 cm³/mol. The summed E-state index contributed by atoms with van der Waals surface area (Å²) < 4.78 is 0. The van der Waals surface area contributed by atoms with Gasteiger partial charge in [0.25, 0.3) is 0 Å². The van der Waals surface area contributed by atoms with Crippen LogP contribution in [0.4, 0.5) is 0 Å². The van der Waals surface area contributed by atoms with Gasteiger partial charge in [-0.25, -0.2) is 0 Å². The van der Waals surface area contributed by atoms with Gasteiger partial charge < -0.3 is 10.2 Å². The zero-order valence-corrected chi connectivity index (χ0v) is 18.5. The van der Waals surface area contributed by atoms with Crippen molar-refractivity contribution in [3.05, 3.63) is 24.3 Å². The number of carbonyl (C=O) groups excluding carboxylic acids is 1. The average molecular weight is 379 g/mol. The van der Waals surface area contributed by atoms with E-state index in [1.54, 1.807) is 0 Å². The summed E-state index contributed by atoms with van der Waals surface area (Å²) in [6.07, 6.45) is 26.0. The van der Waals surface area contributed by atoms with E-state index in [2.05, 4.69) is 41.4 Å². The normalized spacial score (nSPS) is 11.9. The second-order valence-corrected chi connectivity index (χ2v) is 7.84. The van der Waals surface area contributed by atoms with Crippen LogP contribution in [0.5, 0.6) is 0 Å². The van der Waals surface area contributed by atoms with Gasteiger partial charge in [-0.3, -0.25) is 4.79 Å². The molecule has 0 aromatic carbocycles. The molecule has 1 amide bonds. The van der Waals surface area contributed by atoms with Crippen molar-refractivity contribution in [2.45, 2.75) is 96.8 Å². The SMILES string of the molecule is CCCCC/C=C\C/C=C\CCCCCCCCNC(=O)CCCN(C)C. The molecule has 0 saturated carbocycles. The second kappa shape index (κ2) is 21.2. The van der Waals surface area contributed by atoms with E-state index in [0.29, 0.717) is 6.42 Å². The van der Waals surface area contributed by atoms with Crippen molar-refractivity contribution in [1.82, 2.24) is 10.2 Å². The molecule has 0 rings (SSSR count). The van der Waals surface area contributed by atoms with Gasteiger partial charge in [-0.05, 0) is 65.6 Å². The summed E-state index contributed by atoms with van der Waals surface area (Å²) in [5, 5.41) is 3.03. The van der Waals surface area contributed by atoms with E-state index in [-0.39, 0.29) is 5.91 Å². The lowest BCUT2D eigenvalue weighted by atomic mass is 10.1. The molecule has 0 bridgehead atoms. The van der Waals surface area contributed by atoms with Crippen LogP contribution in [-0.2, 0) is 4.79 Å². The average Bonchev–Trinajstić information content (AvgIpc) is 2.64. The number of nitrogens with one attached hydrogen (secondary N) is 1. The van der Waals surface area contributed by atoms with Gasteiger partial charge in [-0.2, -0.15) is 0 Å². The van der Waals surface area contributed by atoms with Crippen molar-refractivity contribution in [3.63, 3.8) is 0 Å². The monoisotopic (exact) mass is 378 g/mol. The molecule has 0 heterocycles. The van der Waals surface area contributed by atoms with Crippen LogP contribution in [0.25, 0.3) is 0 Å². The lowest BCUT2D eigenvalue weighted by Gasteiger charge is -2.09. The number of nitrogens with zero attached hydrogens (tertiary/aromatic N) is 1. The maximum atomic E-state index is 11.6. The van der Waals surface area contributed by atoms with Gasteiger partial charge in [0.05, 0.1) is 0 Å². The van der Waals surface area contributed by atoms with Gasteiger partial charge in [-0.1, -0.05) is 69.8 Å². The zero-order valence-electron chi connectivity index (χ0n) is 18.5. The lowest BCUT2D eigenvalue weighted by molar-refractivity contribution is -0.121. The molecule has 0 saturated heterocycles. The Morgan fingerprint density at radius 3 is 2.00 bits per heavy atom. The van der Waals surface area contributed by atoms with Crippen molar-refractivity contribution < 1.29 is 4.79 Å². The number of hydrogen-bond donors (Lipinski definition) is 1. The molecule has 27 heavy (non-hydrogen) atoms. The van der Waals surface area contributed by atoms with Gasteiger partial charge in [0.15, 0.2) is 0 Å². The topological polar surface area (TPSA) is 32.3 Å². The van der Waals surface area contributed by atoms with E-state index in [9.17, 15) is 4.79 Å². The first kappa shape index (κ1) is 25.9. The first-order valence-electron chi connectivity index (χ1n) is 11.4. The van der Waals surface area contributed by atoms with E-state index in [4.69, 9.17) is 0 Å². The fourth-order valence-electron chi connectivity index (χ4n) is 2.99. The van der Waals surface area contributed by atoms with Gasteiger partial charge in [-0.15, -0.1) is 0 Å². The molecule has 0 aliphatic heterocycles. The van der Waals surface area contributed by atoms with Crippen molar-refractivity contribution in [2.24, 2.45) is 0 Å². The minimum atomic E-state index is 0.208. The highest BCUT2D eigenvalue weighted by atomic mass is 16.1. The summed E-state index contributed by atoms with van der Waals surface area (Å²) in [5.74, 6) is 0.208. The quantitative estimate of drug-likeness (QED) is 0.212. The molecule has 0 radical (unpaired) electrons. The van der Waals surface area contributed by atoms with E-state index in [1.807, 2.05) is 14.1 Å². The van der Waals surface area contributed by atoms with E-state index in [1.165, 1.54) is 64.2 Å². The maximum absolute atomic E-state index is 11.6. The third kappa shape index (κ3) is 22.9. The Kier molecular flexibility index (Phi) is 20.4. The van der Waals surface area contributed by atoms with Crippen LogP contribution in [0.3, 0.4) is 0 Å². The van der Waals surface area contributed by atoms with Crippen LogP contribution >= 0.6 is 0 Å². The highest BCUT2D eigenvalue weighted by molar-refractivity contribution is 5.75. The van der Waals surface area contributed by atoms with Gasteiger partial charge in [0, 0.05) is 13.0 Å². The van der Waals surface area contributed by atoms with Crippen molar-refractivity contribution in [3.8, 4) is 0 Å². The number of allylic oxidation sites excluding steroid dienone is 4. The standard InChI is InChI=1S/C24H46N2O/c1-4-5-6-7-8-9-10-11-12-13-14-15-16-17-18-19-22-25-24(27)21-20-23-26(2)3/h8-9,11-12H,4-7,10,13-23H2,1-3H3,(H,25,27)/b9-8-,12-11-. The smallest absolute Gasteiger partial charge is 0.220 e. The molecular formula is C24H46N2O. The minimum absolute atomic E-state index is 0.208. The Morgan fingerprint density at radius 1 is 0.778 bits per heavy atom. The Bertz CT molecular complexity index is 375. The largest absolute Gasteiger partial charge is 0.356 e. The number of unbranched alkanes of at least 4 members (excludes halogenated alkanes) is 9. The summed E-state index contributed by atoms with van der Waals surface area (Å²) in [6, 6.07) is 0. The van der Waals surface area contributed by atoms with Gasteiger partial charge >= 0.3 is 0 Å². The first-order valence-corrected chi connectivity index (χ1v) is 11.4. The van der Waals surface area contributed by atoms with Crippen LogP contribution in [-0.4, -0.2) is 38.0 Å². The van der Waals surface area contributed by atoms with Gasteiger partial charge in [0.1, 0.15) is 0 Å². The molecule has 0 aliphatic rings. The molecule has 0 atom stereocenters. The molecular weight excluding hydrogens is 332 g/mol. The van der Waals surface area contributed by atoms with Crippen molar-refractivity contribution in [2.75, 3.05) is 27.2 Å². The van der Waals surface area contributed by atoms with Crippen molar-refractivity contribution in [1.29, 1.82) is 0 Å². The van der Waals surface area contributed by atoms with E-state index in [0.717, 1.165) is 32.4 Å². The zero-order chi connectivity index (χ0) is 20.0. The third-order valence-electron chi connectivity index (χ3n) is 4.71. The molecule has 0 fully saturated rings. The fourth-order valence-corrected chi connectivity index (χ4v) is 2.99. The Morgan fingerprint density at radius 2 is 1.37 bits per heavy atom. The van der Waals surface area contributed by atoms with E-state index < -0.39 is 0 Å². The Labute approximate surface area is 169 Å². The summed E-state index contributed by atoms with van der Waals surface area (Å²) in [4.78, 5) is 13.8. The van der Waals surface area contributed by atoms with Crippen LogP contribution in [0.2, 0.25) is 0 Å². The maximum Gasteiger partial charge on any atom is 0.220 e. The van der Waals surface area contributed by atoms with E-state index >= 15 is 0 Å².